The Morgan fingerprint density at radius 3 is 2.68 bits per heavy atom. The molecule has 1 amide bonds. The number of nitrogens with zero attached hydrogens (tertiary/aromatic N) is 1. The molecule has 6 heteroatoms. The monoisotopic (exact) mass is 349 g/mol. The van der Waals surface area contributed by atoms with Crippen LogP contribution in [-0.4, -0.2) is 43.9 Å². The van der Waals surface area contributed by atoms with Crippen LogP contribution < -0.4 is 20.2 Å². The molecule has 0 spiro atoms. The van der Waals surface area contributed by atoms with E-state index in [2.05, 4.69) is 29.6 Å². The molecule has 0 saturated heterocycles. The van der Waals surface area contributed by atoms with Gasteiger partial charge in [0, 0.05) is 37.7 Å². The van der Waals surface area contributed by atoms with Gasteiger partial charge in [-0.05, 0) is 37.5 Å². The molecule has 1 aromatic rings. The van der Waals surface area contributed by atoms with Crippen LogP contribution in [0.25, 0.3) is 0 Å². The first-order valence-corrected chi connectivity index (χ1v) is 9.38. The van der Waals surface area contributed by atoms with Gasteiger partial charge < -0.3 is 14.8 Å². The molecular weight excluding hydrogens is 318 g/mol. The van der Waals surface area contributed by atoms with Gasteiger partial charge in [0.05, 0.1) is 6.61 Å². The topological polar surface area (TPSA) is 62.8 Å². The normalized spacial score (nSPS) is 15.8. The molecule has 1 aromatic carbocycles. The standard InChI is InChI=1S/C19H31N3O3/c1-4-9-20-19(23)25-16-7-8-18-17(12-16)15(14-24-18)13-21-22(10-5-2)11-6-3/h7-8,12,15,21H,4-6,9-11,13-14H2,1-3H3,(H,20,23). The molecule has 2 rings (SSSR count). The summed E-state index contributed by atoms with van der Waals surface area (Å²) >= 11 is 0. The van der Waals surface area contributed by atoms with Crippen molar-refractivity contribution in [3.05, 3.63) is 23.8 Å². The van der Waals surface area contributed by atoms with E-state index in [9.17, 15) is 4.79 Å². The molecule has 0 fully saturated rings. The largest absolute Gasteiger partial charge is 0.493 e. The van der Waals surface area contributed by atoms with Crippen LogP contribution in [0.2, 0.25) is 0 Å². The van der Waals surface area contributed by atoms with Crippen LogP contribution in [0.5, 0.6) is 11.5 Å². The summed E-state index contributed by atoms with van der Waals surface area (Å²) in [5, 5.41) is 4.99. The highest BCUT2D eigenvalue weighted by Crippen LogP contribution is 2.36. The lowest BCUT2D eigenvalue weighted by molar-refractivity contribution is 0.177. The van der Waals surface area contributed by atoms with E-state index >= 15 is 0 Å². The average molecular weight is 349 g/mol. The second-order valence-corrected chi connectivity index (χ2v) is 6.37. The van der Waals surface area contributed by atoms with Crippen molar-refractivity contribution >= 4 is 6.09 Å². The predicted molar refractivity (Wildman–Crippen MR) is 99.2 cm³/mol. The van der Waals surface area contributed by atoms with E-state index in [1.54, 1.807) is 6.07 Å². The minimum absolute atomic E-state index is 0.258. The molecule has 2 N–H and O–H groups in total. The predicted octanol–water partition coefficient (Wildman–Crippen LogP) is 3.29. The SMILES string of the molecule is CCCNC(=O)Oc1ccc2c(c1)C(CNN(CCC)CCC)CO2. The lowest BCUT2D eigenvalue weighted by atomic mass is 10.0. The van der Waals surface area contributed by atoms with Gasteiger partial charge >= 0.3 is 6.09 Å². The van der Waals surface area contributed by atoms with Gasteiger partial charge in [0.1, 0.15) is 11.5 Å². The Morgan fingerprint density at radius 2 is 2.00 bits per heavy atom. The number of rotatable bonds is 10. The third kappa shape index (κ3) is 5.90. The number of benzene rings is 1. The van der Waals surface area contributed by atoms with Crippen LogP contribution in [0.3, 0.4) is 0 Å². The summed E-state index contributed by atoms with van der Waals surface area (Å²) < 4.78 is 11.1. The zero-order chi connectivity index (χ0) is 18.1. The molecule has 0 aliphatic carbocycles. The molecule has 25 heavy (non-hydrogen) atoms. The maximum atomic E-state index is 11.7. The Hall–Kier alpha value is -1.79. The quantitative estimate of drug-likeness (QED) is 0.635. The van der Waals surface area contributed by atoms with Crippen LogP contribution >= 0.6 is 0 Å². The summed E-state index contributed by atoms with van der Waals surface area (Å²) in [5.74, 6) is 1.70. The fraction of sp³-hybridized carbons (Fsp3) is 0.632. The molecule has 0 saturated carbocycles. The van der Waals surface area contributed by atoms with Crippen molar-refractivity contribution in [2.24, 2.45) is 0 Å². The van der Waals surface area contributed by atoms with Gasteiger partial charge in [0.2, 0.25) is 0 Å². The summed E-state index contributed by atoms with van der Waals surface area (Å²) in [6.45, 7) is 10.5. The van der Waals surface area contributed by atoms with Crippen molar-refractivity contribution in [2.45, 2.75) is 46.0 Å². The molecule has 140 valence electrons. The molecule has 0 aromatic heterocycles. The number of carbonyl (C=O) groups is 1. The number of ether oxygens (including phenoxy) is 2. The van der Waals surface area contributed by atoms with Crippen molar-refractivity contribution in [3.8, 4) is 11.5 Å². The van der Waals surface area contributed by atoms with Gasteiger partial charge in [0.15, 0.2) is 0 Å². The molecule has 0 radical (unpaired) electrons. The minimum Gasteiger partial charge on any atom is -0.493 e. The van der Waals surface area contributed by atoms with E-state index in [4.69, 9.17) is 9.47 Å². The van der Waals surface area contributed by atoms with Gasteiger partial charge in [-0.15, -0.1) is 0 Å². The van der Waals surface area contributed by atoms with Gasteiger partial charge in [0.25, 0.3) is 0 Å². The second-order valence-electron chi connectivity index (χ2n) is 6.37. The number of amides is 1. The Labute approximate surface area is 150 Å². The zero-order valence-electron chi connectivity index (χ0n) is 15.6. The number of hydrazine groups is 1. The number of nitrogens with one attached hydrogen (secondary N) is 2. The lowest BCUT2D eigenvalue weighted by Crippen LogP contribution is -2.41. The van der Waals surface area contributed by atoms with E-state index < -0.39 is 6.09 Å². The second kappa shape index (κ2) is 10.3. The third-order valence-corrected chi connectivity index (χ3v) is 4.14. The van der Waals surface area contributed by atoms with Crippen molar-refractivity contribution in [1.29, 1.82) is 0 Å². The van der Waals surface area contributed by atoms with Crippen molar-refractivity contribution in [1.82, 2.24) is 15.8 Å². The Morgan fingerprint density at radius 1 is 1.24 bits per heavy atom. The van der Waals surface area contributed by atoms with E-state index in [1.165, 1.54) is 0 Å². The fourth-order valence-corrected chi connectivity index (χ4v) is 2.91. The first-order chi connectivity index (χ1) is 12.2. The summed E-state index contributed by atoms with van der Waals surface area (Å²) in [4.78, 5) is 11.7. The van der Waals surface area contributed by atoms with Crippen molar-refractivity contribution < 1.29 is 14.3 Å². The lowest BCUT2D eigenvalue weighted by Gasteiger charge is -2.24. The summed E-state index contributed by atoms with van der Waals surface area (Å²) in [5.41, 5.74) is 4.62. The van der Waals surface area contributed by atoms with Crippen LogP contribution in [-0.2, 0) is 0 Å². The van der Waals surface area contributed by atoms with E-state index in [1.807, 2.05) is 19.1 Å². The van der Waals surface area contributed by atoms with E-state index in [0.717, 1.165) is 50.2 Å². The first-order valence-electron chi connectivity index (χ1n) is 9.38. The Kier molecular flexibility index (Phi) is 8.01. The van der Waals surface area contributed by atoms with E-state index in [-0.39, 0.29) is 5.92 Å². The number of fused-ring (bicyclic) bond motifs is 1. The molecule has 1 unspecified atom stereocenters. The van der Waals surface area contributed by atoms with Crippen LogP contribution in [0.15, 0.2) is 18.2 Å². The van der Waals surface area contributed by atoms with E-state index in [0.29, 0.717) is 18.9 Å². The molecule has 1 atom stereocenters. The summed E-state index contributed by atoms with van der Waals surface area (Å²) in [6, 6.07) is 5.58. The highest BCUT2D eigenvalue weighted by atomic mass is 16.6. The Bertz CT molecular complexity index is 545. The summed E-state index contributed by atoms with van der Waals surface area (Å²) in [6.07, 6.45) is 2.71. The van der Waals surface area contributed by atoms with Gasteiger partial charge in [-0.25, -0.2) is 9.80 Å². The molecular formula is C19H31N3O3. The summed E-state index contributed by atoms with van der Waals surface area (Å²) in [7, 11) is 0. The maximum absolute atomic E-state index is 11.7. The van der Waals surface area contributed by atoms with Crippen molar-refractivity contribution in [2.75, 3.05) is 32.8 Å². The van der Waals surface area contributed by atoms with Gasteiger partial charge in [-0.2, -0.15) is 0 Å². The molecule has 6 nitrogen and oxygen atoms in total. The van der Waals surface area contributed by atoms with Crippen LogP contribution in [0, 0.1) is 0 Å². The average Bonchev–Trinajstić information content (AvgIpc) is 3.00. The number of carbonyl (C=O) groups excluding carboxylic acids is 1. The minimum atomic E-state index is -0.410. The molecule has 0 bridgehead atoms. The third-order valence-electron chi connectivity index (χ3n) is 4.14. The highest BCUT2D eigenvalue weighted by molar-refractivity contribution is 5.70. The Balaban J connectivity index is 1.95. The van der Waals surface area contributed by atoms with Gasteiger partial charge in [-0.1, -0.05) is 20.8 Å². The molecule has 1 heterocycles. The van der Waals surface area contributed by atoms with Crippen LogP contribution in [0.1, 0.15) is 51.5 Å². The zero-order valence-corrected chi connectivity index (χ0v) is 15.6. The molecule has 1 aliphatic rings. The van der Waals surface area contributed by atoms with Crippen molar-refractivity contribution in [3.63, 3.8) is 0 Å². The number of hydrogen-bond acceptors (Lipinski definition) is 5. The smallest absolute Gasteiger partial charge is 0.412 e. The maximum Gasteiger partial charge on any atom is 0.412 e. The van der Waals surface area contributed by atoms with Crippen LogP contribution in [0.4, 0.5) is 4.79 Å². The number of hydrogen-bond donors (Lipinski definition) is 2. The fourth-order valence-electron chi connectivity index (χ4n) is 2.91. The molecule has 1 aliphatic heterocycles. The highest BCUT2D eigenvalue weighted by Gasteiger charge is 2.25. The first kappa shape index (κ1) is 19.5. The van der Waals surface area contributed by atoms with Gasteiger partial charge in [-0.3, -0.25) is 5.43 Å².